The zero-order valence-corrected chi connectivity index (χ0v) is 24.9. The first kappa shape index (κ1) is 29.9. The summed E-state index contributed by atoms with van der Waals surface area (Å²) in [7, 11) is 0. The Morgan fingerprint density at radius 2 is 1.57 bits per heavy atom. The van der Waals surface area contributed by atoms with E-state index in [0.29, 0.717) is 19.1 Å². The maximum absolute atomic E-state index is 13.9. The van der Waals surface area contributed by atoms with Gasteiger partial charge in [0.15, 0.2) is 0 Å². The molecule has 10 nitrogen and oxygen atoms in total. The number of amides is 3. The van der Waals surface area contributed by atoms with Gasteiger partial charge >= 0.3 is 12.1 Å². The summed E-state index contributed by atoms with van der Waals surface area (Å²) in [5.41, 5.74) is 1.70. The van der Waals surface area contributed by atoms with Crippen LogP contribution < -0.4 is 0 Å². The third kappa shape index (κ3) is 6.08. The highest BCUT2D eigenvalue weighted by Gasteiger charge is 2.58. The highest BCUT2D eigenvalue weighted by Crippen LogP contribution is 2.39. The number of β-lactam (4-membered cyclic amide) rings is 1. The minimum Gasteiger partial charge on any atom is -0.480 e. The lowest BCUT2D eigenvalue weighted by molar-refractivity contribution is -0.169. The van der Waals surface area contributed by atoms with Gasteiger partial charge in [0.2, 0.25) is 11.8 Å². The Labute approximate surface area is 257 Å². The molecule has 44 heavy (non-hydrogen) atoms. The van der Waals surface area contributed by atoms with Crippen molar-refractivity contribution in [3.63, 3.8) is 0 Å². The summed E-state index contributed by atoms with van der Waals surface area (Å²) in [6.07, 6.45) is 8.09. The third-order valence-corrected chi connectivity index (χ3v) is 9.55. The van der Waals surface area contributed by atoms with Gasteiger partial charge in [-0.1, -0.05) is 79.2 Å². The zero-order chi connectivity index (χ0) is 30.6. The van der Waals surface area contributed by atoms with Gasteiger partial charge in [0, 0.05) is 19.1 Å². The molecule has 1 N–H and O–H groups in total. The normalized spacial score (nSPS) is 25.6. The number of hydrogen-bond donors (Lipinski definition) is 1. The average molecular weight is 601 g/mol. The van der Waals surface area contributed by atoms with Crippen molar-refractivity contribution >= 4 is 30.0 Å². The number of piperidine rings is 2. The molecule has 10 heteroatoms. The predicted molar refractivity (Wildman–Crippen MR) is 163 cm³/mol. The van der Waals surface area contributed by atoms with Crippen LogP contribution in [0, 0.1) is 0 Å². The first-order valence-corrected chi connectivity index (χ1v) is 15.7. The van der Waals surface area contributed by atoms with Gasteiger partial charge in [0.25, 0.3) is 0 Å². The molecule has 2 aromatic rings. The molecule has 4 aliphatic rings. The molecule has 0 saturated carbocycles. The third-order valence-electron chi connectivity index (χ3n) is 9.55. The molecule has 0 aliphatic carbocycles. The molecule has 4 atom stereocenters. The van der Waals surface area contributed by atoms with E-state index in [2.05, 4.69) is 4.90 Å². The van der Waals surface area contributed by atoms with E-state index in [-0.39, 0.29) is 18.9 Å². The number of rotatable bonds is 9. The SMILES string of the molecule is O=C(O)C(CC(=O)N1CCC(N2CCCCC2)CC1)N1C(=O)C(N2C(=O)OC[C@@H]2c2ccccc2)C1C=Cc1ccccc1. The average Bonchev–Trinajstić information content (AvgIpc) is 3.43. The second-order valence-corrected chi connectivity index (χ2v) is 12.1. The fourth-order valence-corrected chi connectivity index (χ4v) is 7.17. The van der Waals surface area contributed by atoms with Crippen LogP contribution in [-0.2, 0) is 19.1 Å². The van der Waals surface area contributed by atoms with Crippen LogP contribution >= 0.6 is 0 Å². The molecule has 3 amide bonds. The summed E-state index contributed by atoms with van der Waals surface area (Å²) in [4.78, 5) is 60.0. The molecule has 4 heterocycles. The Morgan fingerprint density at radius 1 is 0.909 bits per heavy atom. The predicted octanol–water partition coefficient (Wildman–Crippen LogP) is 3.79. The lowest BCUT2D eigenvalue weighted by Crippen LogP contribution is -2.74. The van der Waals surface area contributed by atoms with Crippen LogP contribution in [0.4, 0.5) is 4.79 Å². The summed E-state index contributed by atoms with van der Waals surface area (Å²) < 4.78 is 5.40. The van der Waals surface area contributed by atoms with E-state index in [9.17, 15) is 24.3 Å². The van der Waals surface area contributed by atoms with Crippen LogP contribution in [0.5, 0.6) is 0 Å². The first-order valence-electron chi connectivity index (χ1n) is 15.7. The number of nitrogens with zero attached hydrogens (tertiary/aromatic N) is 4. The van der Waals surface area contributed by atoms with Crippen molar-refractivity contribution < 1.29 is 29.0 Å². The maximum atomic E-state index is 13.9. The topological polar surface area (TPSA) is 111 Å². The molecule has 2 aromatic carbocycles. The Kier molecular flexibility index (Phi) is 8.97. The van der Waals surface area contributed by atoms with Crippen molar-refractivity contribution in [3.05, 3.63) is 77.9 Å². The number of carboxylic acids is 1. The highest BCUT2D eigenvalue weighted by molar-refractivity contribution is 5.98. The van der Waals surface area contributed by atoms with Gasteiger partial charge in [-0.05, 0) is 49.9 Å². The number of carbonyl (C=O) groups is 4. The molecule has 4 aliphatic heterocycles. The minimum absolute atomic E-state index is 0.0932. The van der Waals surface area contributed by atoms with Gasteiger partial charge in [0.05, 0.1) is 18.5 Å². The van der Waals surface area contributed by atoms with E-state index >= 15 is 0 Å². The van der Waals surface area contributed by atoms with Gasteiger partial charge in [-0.2, -0.15) is 0 Å². The molecular weight excluding hydrogens is 560 g/mol. The summed E-state index contributed by atoms with van der Waals surface area (Å²) >= 11 is 0. The second-order valence-electron chi connectivity index (χ2n) is 12.1. The van der Waals surface area contributed by atoms with E-state index in [4.69, 9.17) is 4.74 Å². The Bertz CT molecular complexity index is 1370. The summed E-state index contributed by atoms with van der Waals surface area (Å²) in [6.45, 7) is 3.46. The van der Waals surface area contributed by atoms with Crippen LogP contribution in [0.1, 0.15) is 55.7 Å². The summed E-state index contributed by atoms with van der Waals surface area (Å²) in [5.74, 6) is -2.01. The van der Waals surface area contributed by atoms with Gasteiger partial charge in [0.1, 0.15) is 18.7 Å². The van der Waals surface area contributed by atoms with Gasteiger partial charge in [-0.25, -0.2) is 9.59 Å². The van der Waals surface area contributed by atoms with Gasteiger partial charge in [-0.3, -0.25) is 14.5 Å². The second kappa shape index (κ2) is 13.2. The fraction of sp³-hybridized carbons (Fsp3) is 0.471. The zero-order valence-electron chi connectivity index (χ0n) is 24.9. The van der Waals surface area contributed by atoms with Crippen molar-refractivity contribution in [1.29, 1.82) is 0 Å². The summed E-state index contributed by atoms with van der Waals surface area (Å²) in [5, 5.41) is 10.3. The van der Waals surface area contributed by atoms with Crippen LogP contribution in [0.3, 0.4) is 0 Å². The van der Waals surface area contributed by atoms with Gasteiger partial charge in [-0.15, -0.1) is 0 Å². The van der Waals surface area contributed by atoms with Crippen molar-refractivity contribution in [1.82, 2.24) is 19.6 Å². The maximum Gasteiger partial charge on any atom is 0.411 e. The van der Waals surface area contributed by atoms with Crippen molar-refractivity contribution in [2.45, 2.75) is 68.7 Å². The van der Waals surface area contributed by atoms with Crippen LogP contribution in [-0.4, -0.2) is 106 Å². The molecule has 0 spiro atoms. The quantitative estimate of drug-likeness (QED) is 0.436. The monoisotopic (exact) mass is 600 g/mol. The number of aliphatic carboxylic acids is 1. The molecule has 232 valence electrons. The molecule has 0 aromatic heterocycles. The standard InChI is InChI=1S/C34H40N4O6/c39-30(36-20-16-26(17-21-36)35-18-8-3-9-19-35)22-28(33(41)42)37-27(15-14-24-10-4-1-5-11-24)31(32(37)40)38-29(23-44-34(38)43)25-12-6-2-7-13-25/h1-2,4-7,10-15,26-29,31H,3,8-9,16-23H2,(H,41,42)/t27?,28?,29-,31?/m1/s1. The Morgan fingerprint density at radius 3 is 2.23 bits per heavy atom. The summed E-state index contributed by atoms with van der Waals surface area (Å²) in [6, 6.07) is 15.7. The fourth-order valence-electron chi connectivity index (χ4n) is 7.17. The van der Waals surface area contributed by atoms with E-state index in [0.717, 1.165) is 37.1 Å². The first-order chi connectivity index (χ1) is 21.4. The lowest BCUT2D eigenvalue weighted by atomic mass is 9.87. The van der Waals surface area contributed by atoms with E-state index in [1.165, 1.54) is 29.1 Å². The molecule has 6 rings (SSSR count). The number of ether oxygens (including phenoxy) is 1. The number of carbonyl (C=O) groups excluding carboxylic acids is 3. The molecule has 3 unspecified atom stereocenters. The highest BCUT2D eigenvalue weighted by atomic mass is 16.6. The largest absolute Gasteiger partial charge is 0.480 e. The molecule has 4 saturated heterocycles. The minimum atomic E-state index is -1.36. The smallest absolute Gasteiger partial charge is 0.411 e. The van der Waals surface area contributed by atoms with Crippen LogP contribution in [0.15, 0.2) is 66.7 Å². The number of carboxylic acid groups (broad SMARTS) is 1. The van der Waals surface area contributed by atoms with E-state index in [1.807, 2.05) is 66.7 Å². The molecule has 4 fully saturated rings. The Balaban J connectivity index is 1.21. The number of benzene rings is 2. The Hall–Kier alpha value is -4.18. The van der Waals surface area contributed by atoms with Crippen LogP contribution in [0.2, 0.25) is 0 Å². The van der Waals surface area contributed by atoms with Crippen molar-refractivity contribution in [2.24, 2.45) is 0 Å². The van der Waals surface area contributed by atoms with Gasteiger partial charge < -0.3 is 24.5 Å². The molecular formula is C34H40N4O6. The molecule has 0 bridgehead atoms. The number of cyclic esters (lactones) is 1. The van der Waals surface area contributed by atoms with E-state index in [1.54, 1.807) is 11.0 Å². The van der Waals surface area contributed by atoms with Crippen molar-refractivity contribution in [3.8, 4) is 0 Å². The van der Waals surface area contributed by atoms with Crippen molar-refractivity contribution in [2.75, 3.05) is 32.8 Å². The van der Waals surface area contributed by atoms with E-state index < -0.39 is 42.1 Å². The molecule has 0 radical (unpaired) electrons. The number of likely N-dealkylation sites (tertiary alicyclic amines) is 3. The number of hydrogen-bond acceptors (Lipinski definition) is 6. The lowest BCUT2D eigenvalue weighted by Gasteiger charge is -2.51. The van der Waals surface area contributed by atoms with Crippen LogP contribution in [0.25, 0.3) is 6.08 Å².